The van der Waals surface area contributed by atoms with Gasteiger partial charge in [0.15, 0.2) is 5.16 Å². The summed E-state index contributed by atoms with van der Waals surface area (Å²) in [6, 6.07) is 22.6. The van der Waals surface area contributed by atoms with Gasteiger partial charge in [0.25, 0.3) is 5.56 Å². The Morgan fingerprint density at radius 2 is 1.79 bits per heavy atom. The minimum absolute atomic E-state index is 0.0708. The van der Waals surface area contributed by atoms with Crippen LogP contribution in [0.5, 0.6) is 5.75 Å². The van der Waals surface area contributed by atoms with Crippen LogP contribution in [0.3, 0.4) is 0 Å². The van der Waals surface area contributed by atoms with Gasteiger partial charge >= 0.3 is 0 Å². The van der Waals surface area contributed by atoms with E-state index in [2.05, 4.69) is 0 Å². The molecule has 3 aromatic carbocycles. The minimum Gasteiger partial charge on any atom is -0.493 e. The summed E-state index contributed by atoms with van der Waals surface area (Å²) in [6.07, 6.45) is 0. The third kappa shape index (κ3) is 4.31. The second-order valence-electron chi connectivity index (χ2n) is 6.50. The lowest BCUT2D eigenvalue weighted by Crippen LogP contribution is -2.22. The average molecular weight is 423 g/mol. The molecule has 0 saturated carbocycles. The Kier molecular flexibility index (Phi) is 5.88. The molecule has 0 fully saturated rings. The van der Waals surface area contributed by atoms with Gasteiger partial charge in [-0.3, -0.25) is 9.36 Å². The van der Waals surface area contributed by atoms with E-state index in [1.54, 1.807) is 4.57 Å². The highest BCUT2D eigenvalue weighted by molar-refractivity contribution is 7.99. The monoisotopic (exact) mass is 422 g/mol. The molecule has 1 aromatic heterocycles. The van der Waals surface area contributed by atoms with E-state index in [-0.39, 0.29) is 5.56 Å². The van der Waals surface area contributed by atoms with Crippen molar-refractivity contribution in [3.8, 4) is 11.4 Å². The number of thioether (sulfide) groups is 1. The van der Waals surface area contributed by atoms with Crippen LogP contribution in [0.15, 0.2) is 82.7 Å². The van der Waals surface area contributed by atoms with Gasteiger partial charge in [0.05, 0.1) is 23.2 Å². The smallest absolute Gasteiger partial charge is 0.266 e. The molecule has 0 aliphatic carbocycles. The number of ether oxygens (including phenoxy) is 1. The van der Waals surface area contributed by atoms with Gasteiger partial charge in [-0.2, -0.15) is 0 Å². The molecule has 0 aliphatic rings. The van der Waals surface area contributed by atoms with Crippen molar-refractivity contribution in [2.24, 2.45) is 0 Å². The lowest BCUT2D eigenvalue weighted by molar-refractivity contribution is 0.343. The second-order valence-corrected chi connectivity index (χ2v) is 7.96. The lowest BCUT2D eigenvalue weighted by Gasteiger charge is -2.13. The summed E-state index contributed by atoms with van der Waals surface area (Å²) < 4.78 is 7.50. The van der Waals surface area contributed by atoms with Crippen molar-refractivity contribution in [3.63, 3.8) is 0 Å². The Morgan fingerprint density at radius 1 is 1.03 bits per heavy atom. The fraction of sp³-hybridized carbons (Fsp3) is 0.130. The number of halogens is 1. The first-order valence-electron chi connectivity index (χ1n) is 9.22. The Labute approximate surface area is 178 Å². The third-order valence-electron chi connectivity index (χ3n) is 4.47. The van der Waals surface area contributed by atoms with Crippen molar-refractivity contribution in [2.75, 3.05) is 12.4 Å². The standard InChI is InChI=1S/C23H19ClN2O2S/c1-16-15-18(11-12-20(16)24)28-13-14-29-23-25-21-10-6-5-9-19(21)22(27)26(23)17-7-3-2-4-8-17/h2-12,15H,13-14H2,1H3. The number of nitrogens with zero attached hydrogens (tertiary/aromatic N) is 2. The van der Waals surface area contributed by atoms with Crippen LogP contribution in [0.4, 0.5) is 0 Å². The van der Waals surface area contributed by atoms with Gasteiger partial charge in [0, 0.05) is 10.8 Å². The topological polar surface area (TPSA) is 44.1 Å². The maximum Gasteiger partial charge on any atom is 0.266 e. The van der Waals surface area contributed by atoms with Crippen LogP contribution in [0.1, 0.15) is 5.56 Å². The molecule has 0 saturated heterocycles. The summed E-state index contributed by atoms with van der Waals surface area (Å²) >= 11 is 7.56. The summed E-state index contributed by atoms with van der Waals surface area (Å²) in [6.45, 7) is 2.44. The highest BCUT2D eigenvalue weighted by Gasteiger charge is 2.13. The molecule has 29 heavy (non-hydrogen) atoms. The van der Waals surface area contributed by atoms with E-state index < -0.39 is 0 Å². The fourth-order valence-electron chi connectivity index (χ4n) is 3.01. The molecule has 6 heteroatoms. The molecular formula is C23H19ClN2O2S. The molecule has 0 N–H and O–H groups in total. The van der Waals surface area contributed by atoms with Crippen LogP contribution in [-0.4, -0.2) is 21.9 Å². The van der Waals surface area contributed by atoms with E-state index in [9.17, 15) is 4.79 Å². The Hall–Kier alpha value is -2.76. The molecule has 0 radical (unpaired) electrons. The van der Waals surface area contributed by atoms with E-state index in [0.29, 0.717) is 28.4 Å². The highest BCUT2D eigenvalue weighted by Crippen LogP contribution is 2.23. The molecule has 0 atom stereocenters. The predicted octanol–water partition coefficient (Wildman–Crippen LogP) is 5.52. The number of aryl methyl sites for hydroxylation is 1. The van der Waals surface area contributed by atoms with E-state index >= 15 is 0 Å². The van der Waals surface area contributed by atoms with Gasteiger partial charge in [-0.1, -0.05) is 53.7 Å². The molecular weight excluding hydrogens is 404 g/mol. The predicted molar refractivity (Wildman–Crippen MR) is 120 cm³/mol. The van der Waals surface area contributed by atoms with Crippen LogP contribution < -0.4 is 10.3 Å². The molecule has 4 rings (SSSR count). The lowest BCUT2D eigenvalue weighted by atomic mass is 10.2. The Balaban J connectivity index is 1.59. The first-order valence-corrected chi connectivity index (χ1v) is 10.6. The van der Waals surface area contributed by atoms with Gasteiger partial charge in [-0.25, -0.2) is 4.98 Å². The zero-order valence-corrected chi connectivity index (χ0v) is 17.4. The normalized spacial score (nSPS) is 11.0. The maximum absolute atomic E-state index is 13.1. The van der Waals surface area contributed by atoms with Gasteiger partial charge in [-0.05, 0) is 55.0 Å². The van der Waals surface area contributed by atoms with E-state index in [1.807, 2.05) is 79.7 Å². The van der Waals surface area contributed by atoms with Crippen LogP contribution in [-0.2, 0) is 0 Å². The Morgan fingerprint density at radius 3 is 2.59 bits per heavy atom. The highest BCUT2D eigenvalue weighted by atomic mass is 35.5. The fourth-order valence-corrected chi connectivity index (χ4v) is 3.96. The first-order chi connectivity index (χ1) is 14.1. The Bertz CT molecular complexity index is 1210. The number of hydrogen-bond donors (Lipinski definition) is 0. The van der Waals surface area contributed by atoms with E-state index in [4.69, 9.17) is 21.3 Å². The largest absolute Gasteiger partial charge is 0.493 e. The van der Waals surface area contributed by atoms with Crippen molar-refractivity contribution in [3.05, 3.63) is 93.7 Å². The average Bonchev–Trinajstić information content (AvgIpc) is 2.74. The van der Waals surface area contributed by atoms with Crippen molar-refractivity contribution in [2.45, 2.75) is 12.1 Å². The number of aromatic nitrogens is 2. The minimum atomic E-state index is -0.0708. The van der Waals surface area contributed by atoms with Crippen molar-refractivity contribution < 1.29 is 4.74 Å². The van der Waals surface area contributed by atoms with Crippen LogP contribution >= 0.6 is 23.4 Å². The molecule has 1 heterocycles. The zero-order valence-electron chi connectivity index (χ0n) is 15.8. The summed E-state index contributed by atoms with van der Waals surface area (Å²) in [5, 5.41) is 1.98. The molecule has 0 aliphatic heterocycles. The number of benzene rings is 3. The van der Waals surface area contributed by atoms with Gasteiger partial charge in [-0.15, -0.1) is 0 Å². The SMILES string of the molecule is Cc1cc(OCCSc2nc3ccccc3c(=O)n2-c2ccccc2)ccc1Cl. The number of fused-ring (bicyclic) bond motifs is 1. The molecule has 4 aromatic rings. The summed E-state index contributed by atoms with van der Waals surface area (Å²) in [7, 11) is 0. The molecule has 0 amide bonds. The molecule has 146 valence electrons. The van der Waals surface area contributed by atoms with Crippen LogP contribution in [0.25, 0.3) is 16.6 Å². The van der Waals surface area contributed by atoms with Crippen LogP contribution in [0.2, 0.25) is 5.02 Å². The molecule has 0 spiro atoms. The van der Waals surface area contributed by atoms with Crippen LogP contribution in [0, 0.1) is 6.92 Å². The number of para-hydroxylation sites is 2. The number of rotatable bonds is 6. The van der Waals surface area contributed by atoms with Crippen molar-refractivity contribution >= 4 is 34.3 Å². The van der Waals surface area contributed by atoms with Gasteiger partial charge in [0.1, 0.15) is 5.75 Å². The maximum atomic E-state index is 13.1. The summed E-state index contributed by atoms with van der Waals surface area (Å²) in [4.78, 5) is 17.9. The van der Waals surface area contributed by atoms with Gasteiger partial charge < -0.3 is 4.74 Å². The second kappa shape index (κ2) is 8.72. The first kappa shape index (κ1) is 19.6. The zero-order chi connectivity index (χ0) is 20.2. The number of hydrogen-bond acceptors (Lipinski definition) is 4. The molecule has 0 unspecified atom stereocenters. The van der Waals surface area contributed by atoms with E-state index in [0.717, 1.165) is 22.0 Å². The summed E-state index contributed by atoms with van der Waals surface area (Å²) in [5.74, 6) is 1.43. The van der Waals surface area contributed by atoms with E-state index in [1.165, 1.54) is 11.8 Å². The van der Waals surface area contributed by atoms with Crippen molar-refractivity contribution in [1.29, 1.82) is 0 Å². The molecule has 4 nitrogen and oxygen atoms in total. The third-order valence-corrected chi connectivity index (χ3v) is 5.80. The molecule has 0 bridgehead atoms. The summed E-state index contributed by atoms with van der Waals surface area (Å²) in [5.41, 5.74) is 2.40. The van der Waals surface area contributed by atoms with Crippen molar-refractivity contribution in [1.82, 2.24) is 9.55 Å². The van der Waals surface area contributed by atoms with Gasteiger partial charge in [0.2, 0.25) is 0 Å². The quantitative estimate of drug-likeness (QED) is 0.233.